The van der Waals surface area contributed by atoms with Crippen molar-refractivity contribution in [3.63, 3.8) is 0 Å². The minimum Gasteiger partial charge on any atom is -0.354 e. The molecule has 1 saturated carbocycles. The Bertz CT molecular complexity index is 460. The Morgan fingerprint density at radius 1 is 1.14 bits per heavy atom. The number of anilines is 1. The van der Waals surface area contributed by atoms with Crippen LogP contribution in [0.3, 0.4) is 0 Å². The van der Waals surface area contributed by atoms with Gasteiger partial charge in [-0.05, 0) is 38.4 Å². The number of pyridine rings is 1. The zero-order valence-corrected chi connectivity index (χ0v) is 13.4. The van der Waals surface area contributed by atoms with Crippen molar-refractivity contribution in [2.24, 2.45) is 0 Å². The zero-order chi connectivity index (χ0) is 14.7. The molecular formula is C17H28N4. The summed E-state index contributed by atoms with van der Waals surface area (Å²) in [6, 6.07) is 5.27. The van der Waals surface area contributed by atoms with Crippen LogP contribution in [0.25, 0.3) is 0 Å². The number of hydrogen-bond donors (Lipinski definition) is 1. The van der Waals surface area contributed by atoms with Gasteiger partial charge in [-0.25, -0.2) is 4.98 Å². The van der Waals surface area contributed by atoms with Crippen molar-refractivity contribution < 1.29 is 0 Å². The molecule has 0 aromatic carbocycles. The van der Waals surface area contributed by atoms with E-state index in [1.54, 1.807) is 0 Å². The second kappa shape index (κ2) is 6.75. The molecule has 1 aliphatic carbocycles. The van der Waals surface area contributed by atoms with E-state index >= 15 is 0 Å². The van der Waals surface area contributed by atoms with Gasteiger partial charge in [0, 0.05) is 44.5 Å². The van der Waals surface area contributed by atoms with Gasteiger partial charge < -0.3 is 10.2 Å². The maximum atomic E-state index is 4.81. The van der Waals surface area contributed by atoms with Crippen molar-refractivity contribution >= 4 is 5.82 Å². The first kappa shape index (κ1) is 14.8. The molecule has 0 spiro atoms. The molecule has 0 unspecified atom stereocenters. The molecule has 2 aliphatic rings. The second-order valence-corrected chi connectivity index (χ2v) is 6.41. The van der Waals surface area contributed by atoms with Crippen molar-refractivity contribution in [2.75, 3.05) is 38.1 Å². The summed E-state index contributed by atoms with van der Waals surface area (Å²) in [6.07, 6.45) is 5.68. The molecule has 1 aliphatic heterocycles. The van der Waals surface area contributed by atoms with E-state index in [0.29, 0.717) is 0 Å². The summed E-state index contributed by atoms with van der Waals surface area (Å²) in [5.41, 5.74) is 2.45. The van der Waals surface area contributed by atoms with Crippen LogP contribution >= 0.6 is 0 Å². The Morgan fingerprint density at radius 3 is 2.48 bits per heavy atom. The highest BCUT2D eigenvalue weighted by atomic mass is 15.3. The summed E-state index contributed by atoms with van der Waals surface area (Å²) in [5, 5.41) is 3.20. The second-order valence-electron chi connectivity index (χ2n) is 6.41. The summed E-state index contributed by atoms with van der Waals surface area (Å²) in [6.45, 7) is 7.65. The van der Waals surface area contributed by atoms with Gasteiger partial charge in [-0.1, -0.05) is 18.9 Å². The van der Waals surface area contributed by atoms with Gasteiger partial charge in [0.25, 0.3) is 0 Å². The average molecular weight is 288 g/mol. The van der Waals surface area contributed by atoms with Crippen LogP contribution in [0.5, 0.6) is 0 Å². The molecule has 4 heteroatoms. The molecule has 116 valence electrons. The molecule has 21 heavy (non-hydrogen) atoms. The van der Waals surface area contributed by atoms with E-state index in [1.165, 1.54) is 44.3 Å². The minimum atomic E-state index is 0.861. The first-order chi connectivity index (χ1) is 10.3. The van der Waals surface area contributed by atoms with E-state index in [0.717, 1.165) is 37.2 Å². The largest absolute Gasteiger partial charge is 0.354 e. The van der Waals surface area contributed by atoms with Crippen molar-refractivity contribution in [3.8, 4) is 0 Å². The average Bonchev–Trinajstić information content (AvgIpc) is 3.04. The molecule has 1 aromatic rings. The third-order valence-corrected chi connectivity index (χ3v) is 5.03. The van der Waals surface area contributed by atoms with E-state index in [2.05, 4.69) is 34.2 Å². The Hall–Kier alpha value is -1.13. The standard InChI is InChI=1S/C17H28N4/c1-14-15(13-18-2)7-8-17(19-14)21-11-9-20(10-12-21)16-5-3-4-6-16/h7-8,16,18H,3-6,9-13H2,1-2H3. The number of nitrogens with one attached hydrogen (secondary N) is 1. The fourth-order valence-electron chi connectivity index (χ4n) is 3.72. The quantitative estimate of drug-likeness (QED) is 0.920. The third-order valence-electron chi connectivity index (χ3n) is 5.03. The predicted octanol–water partition coefficient (Wildman–Crippen LogP) is 2.17. The zero-order valence-electron chi connectivity index (χ0n) is 13.4. The third kappa shape index (κ3) is 3.38. The lowest BCUT2D eigenvalue weighted by atomic mass is 10.1. The Labute approximate surface area is 128 Å². The first-order valence-corrected chi connectivity index (χ1v) is 8.38. The monoisotopic (exact) mass is 288 g/mol. The summed E-state index contributed by atoms with van der Waals surface area (Å²) in [4.78, 5) is 9.95. The number of rotatable bonds is 4. The van der Waals surface area contributed by atoms with Gasteiger partial charge in [0.15, 0.2) is 0 Å². The highest BCUT2D eigenvalue weighted by molar-refractivity contribution is 5.42. The van der Waals surface area contributed by atoms with Gasteiger partial charge in [-0.3, -0.25) is 4.90 Å². The molecule has 0 amide bonds. The Kier molecular flexibility index (Phi) is 4.76. The molecule has 1 N–H and O–H groups in total. The van der Waals surface area contributed by atoms with Crippen LogP contribution in [0.4, 0.5) is 5.82 Å². The summed E-state index contributed by atoms with van der Waals surface area (Å²) < 4.78 is 0. The number of piperazine rings is 1. The van der Waals surface area contributed by atoms with Gasteiger partial charge in [-0.15, -0.1) is 0 Å². The first-order valence-electron chi connectivity index (χ1n) is 8.38. The van der Waals surface area contributed by atoms with Crippen LogP contribution in [0.15, 0.2) is 12.1 Å². The van der Waals surface area contributed by atoms with Crippen LogP contribution in [0.2, 0.25) is 0 Å². The smallest absolute Gasteiger partial charge is 0.128 e. The van der Waals surface area contributed by atoms with E-state index < -0.39 is 0 Å². The van der Waals surface area contributed by atoms with Crippen LogP contribution < -0.4 is 10.2 Å². The SMILES string of the molecule is CNCc1ccc(N2CCN(C3CCCC3)CC2)nc1C. The lowest BCUT2D eigenvalue weighted by molar-refractivity contribution is 0.187. The maximum absolute atomic E-state index is 4.81. The minimum absolute atomic E-state index is 0.861. The van der Waals surface area contributed by atoms with Crippen molar-refractivity contribution in [2.45, 2.75) is 45.2 Å². The molecule has 0 atom stereocenters. The predicted molar refractivity (Wildman–Crippen MR) is 87.8 cm³/mol. The lowest BCUT2D eigenvalue weighted by Gasteiger charge is -2.38. The van der Waals surface area contributed by atoms with Crippen molar-refractivity contribution in [1.29, 1.82) is 0 Å². The number of hydrogen-bond acceptors (Lipinski definition) is 4. The molecule has 1 aromatic heterocycles. The van der Waals surface area contributed by atoms with Gasteiger partial charge in [0.1, 0.15) is 5.82 Å². The highest BCUT2D eigenvalue weighted by Gasteiger charge is 2.26. The lowest BCUT2D eigenvalue weighted by Crippen LogP contribution is -2.50. The topological polar surface area (TPSA) is 31.4 Å². The number of aromatic nitrogens is 1. The van der Waals surface area contributed by atoms with Gasteiger partial charge in [-0.2, -0.15) is 0 Å². The summed E-state index contributed by atoms with van der Waals surface area (Å²) in [7, 11) is 1.98. The van der Waals surface area contributed by atoms with Crippen molar-refractivity contribution in [1.82, 2.24) is 15.2 Å². The highest BCUT2D eigenvalue weighted by Crippen LogP contribution is 2.25. The molecule has 0 radical (unpaired) electrons. The fraction of sp³-hybridized carbons (Fsp3) is 0.706. The molecule has 3 rings (SSSR count). The van der Waals surface area contributed by atoms with Crippen LogP contribution in [-0.4, -0.2) is 49.2 Å². The van der Waals surface area contributed by atoms with Crippen LogP contribution in [-0.2, 0) is 6.54 Å². The molecular weight excluding hydrogens is 260 g/mol. The van der Waals surface area contributed by atoms with Gasteiger partial charge in [0.05, 0.1) is 0 Å². The summed E-state index contributed by atoms with van der Waals surface area (Å²) >= 11 is 0. The molecule has 0 bridgehead atoms. The molecule has 2 fully saturated rings. The van der Waals surface area contributed by atoms with Crippen LogP contribution in [0, 0.1) is 6.92 Å². The molecule has 2 heterocycles. The van der Waals surface area contributed by atoms with E-state index in [4.69, 9.17) is 4.98 Å². The molecule has 1 saturated heterocycles. The summed E-state index contributed by atoms with van der Waals surface area (Å²) in [5.74, 6) is 1.15. The van der Waals surface area contributed by atoms with Gasteiger partial charge in [0.2, 0.25) is 0 Å². The van der Waals surface area contributed by atoms with E-state index in [9.17, 15) is 0 Å². The number of nitrogens with zero attached hydrogens (tertiary/aromatic N) is 3. The fourth-order valence-corrected chi connectivity index (χ4v) is 3.72. The van der Waals surface area contributed by atoms with Gasteiger partial charge >= 0.3 is 0 Å². The Morgan fingerprint density at radius 2 is 1.86 bits per heavy atom. The maximum Gasteiger partial charge on any atom is 0.128 e. The van der Waals surface area contributed by atoms with E-state index in [-0.39, 0.29) is 0 Å². The normalized spacial score (nSPS) is 21.1. The molecule has 4 nitrogen and oxygen atoms in total. The number of aryl methyl sites for hydroxylation is 1. The Balaban J connectivity index is 1.59. The van der Waals surface area contributed by atoms with Crippen LogP contribution in [0.1, 0.15) is 36.9 Å². The van der Waals surface area contributed by atoms with E-state index in [1.807, 2.05) is 7.05 Å². The van der Waals surface area contributed by atoms with Crippen molar-refractivity contribution in [3.05, 3.63) is 23.4 Å².